The third kappa shape index (κ3) is 4.00. The zero-order chi connectivity index (χ0) is 17.1. The van der Waals surface area contributed by atoms with Crippen LogP contribution in [0, 0.1) is 19.7 Å². The van der Waals surface area contributed by atoms with E-state index in [1.165, 1.54) is 6.07 Å². The highest BCUT2D eigenvalue weighted by Gasteiger charge is 2.22. The molecule has 128 valence electrons. The van der Waals surface area contributed by atoms with Crippen molar-refractivity contribution in [3.05, 3.63) is 53.1 Å². The molecule has 24 heavy (non-hydrogen) atoms. The Hall–Kier alpha value is -2.21. The fraction of sp³-hybridized carbons (Fsp3) is 0.444. The summed E-state index contributed by atoms with van der Waals surface area (Å²) >= 11 is 0. The van der Waals surface area contributed by atoms with E-state index in [-0.39, 0.29) is 11.7 Å². The molecule has 0 radical (unpaired) electrons. The molecule has 1 aliphatic heterocycles. The summed E-state index contributed by atoms with van der Waals surface area (Å²) in [4.78, 5) is 16.6. The molecule has 0 N–H and O–H groups in total. The van der Waals surface area contributed by atoms with Gasteiger partial charge in [0, 0.05) is 38.4 Å². The summed E-state index contributed by atoms with van der Waals surface area (Å²) in [5, 5.41) is 4.35. The van der Waals surface area contributed by atoms with Crippen molar-refractivity contribution in [3.8, 4) is 0 Å². The molecule has 1 aliphatic rings. The zero-order valence-electron chi connectivity index (χ0n) is 14.2. The monoisotopic (exact) mass is 330 g/mol. The van der Waals surface area contributed by atoms with Crippen molar-refractivity contribution < 1.29 is 9.18 Å². The number of aryl methyl sites for hydroxylation is 2. The van der Waals surface area contributed by atoms with Crippen LogP contribution >= 0.6 is 0 Å². The van der Waals surface area contributed by atoms with Gasteiger partial charge in [0.2, 0.25) is 5.91 Å². The first-order valence-corrected chi connectivity index (χ1v) is 8.27. The van der Waals surface area contributed by atoms with Crippen LogP contribution in [0.2, 0.25) is 0 Å². The van der Waals surface area contributed by atoms with Gasteiger partial charge >= 0.3 is 0 Å². The third-order valence-corrected chi connectivity index (χ3v) is 4.41. The second-order valence-corrected chi connectivity index (χ2v) is 6.37. The molecule has 0 saturated carbocycles. The summed E-state index contributed by atoms with van der Waals surface area (Å²) in [6.07, 6.45) is 0. The molecule has 1 aromatic carbocycles. The first-order valence-electron chi connectivity index (χ1n) is 8.27. The van der Waals surface area contributed by atoms with Crippen molar-refractivity contribution >= 4 is 5.91 Å². The number of halogens is 1. The van der Waals surface area contributed by atoms with Crippen LogP contribution in [-0.4, -0.2) is 51.7 Å². The smallest absolute Gasteiger partial charge is 0.244 e. The normalized spacial score (nSPS) is 15.7. The quantitative estimate of drug-likeness (QED) is 0.861. The molecule has 0 atom stereocenters. The number of carbonyl (C=O) groups excluding carboxylic acids is 1. The summed E-state index contributed by atoms with van der Waals surface area (Å²) in [7, 11) is 0. The van der Waals surface area contributed by atoms with Crippen molar-refractivity contribution in [2.24, 2.45) is 0 Å². The van der Waals surface area contributed by atoms with Gasteiger partial charge in [-0.25, -0.2) is 4.39 Å². The molecular formula is C18H23FN4O. The lowest BCUT2D eigenvalue weighted by Gasteiger charge is -2.34. The molecule has 2 aromatic rings. The Morgan fingerprint density at radius 3 is 2.54 bits per heavy atom. The van der Waals surface area contributed by atoms with Gasteiger partial charge in [-0.15, -0.1) is 0 Å². The van der Waals surface area contributed by atoms with E-state index in [4.69, 9.17) is 0 Å². The third-order valence-electron chi connectivity index (χ3n) is 4.41. The molecular weight excluding hydrogens is 307 g/mol. The molecule has 0 bridgehead atoms. The molecule has 0 unspecified atom stereocenters. The topological polar surface area (TPSA) is 41.4 Å². The van der Waals surface area contributed by atoms with Gasteiger partial charge in [-0.3, -0.25) is 14.4 Å². The van der Waals surface area contributed by atoms with E-state index >= 15 is 0 Å². The Kier molecular flexibility index (Phi) is 4.94. The van der Waals surface area contributed by atoms with Gasteiger partial charge in [-0.1, -0.05) is 12.1 Å². The lowest BCUT2D eigenvalue weighted by molar-refractivity contribution is -0.133. The summed E-state index contributed by atoms with van der Waals surface area (Å²) in [6, 6.07) is 8.67. The first kappa shape index (κ1) is 16.6. The van der Waals surface area contributed by atoms with Crippen molar-refractivity contribution in [2.45, 2.75) is 26.9 Å². The van der Waals surface area contributed by atoms with Gasteiger partial charge < -0.3 is 4.90 Å². The number of nitrogens with zero attached hydrogens (tertiary/aromatic N) is 4. The van der Waals surface area contributed by atoms with Crippen molar-refractivity contribution in [2.75, 3.05) is 26.2 Å². The maximum atomic E-state index is 13.3. The van der Waals surface area contributed by atoms with E-state index in [1.807, 2.05) is 30.9 Å². The highest BCUT2D eigenvalue weighted by atomic mass is 19.1. The minimum Gasteiger partial charge on any atom is -0.339 e. The van der Waals surface area contributed by atoms with E-state index < -0.39 is 0 Å². The molecule has 1 saturated heterocycles. The number of carbonyl (C=O) groups is 1. The van der Waals surface area contributed by atoms with Crippen LogP contribution in [0.4, 0.5) is 4.39 Å². The summed E-state index contributed by atoms with van der Waals surface area (Å²) in [5.41, 5.74) is 2.91. The predicted molar refractivity (Wildman–Crippen MR) is 90.0 cm³/mol. The van der Waals surface area contributed by atoms with Crippen LogP contribution in [0.5, 0.6) is 0 Å². The van der Waals surface area contributed by atoms with Crippen LogP contribution in [0.25, 0.3) is 0 Å². The molecule has 6 heteroatoms. The van der Waals surface area contributed by atoms with Gasteiger partial charge in [0.15, 0.2) is 0 Å². The van der Waals surface area contributed by atoms with Gasteiger partial charge in [0.25, 0.3) is 0 Å². The van der Waals surface area contributed by atoms with Gasteiger partial charge in [0.1, 0.15) is 12.4 Å². The number of amides is 1. The summed E-state index contributed by atoms with van der Waals surface area (Å²) in [5.74, 6) is -0.0993. The number of piperazine rings is 1. The summed E-state index contributed by atoms with van der Waals surface area (Å²) < 4.78 is 15.0. The molecule has 1 fully saturated rings. The van der Waals surface area contributed by atoms with Gasteiger partial charge in [-0.05, 0) is 37.6 Å². The number of hydrogen-bond acceptors (Lipinski definition) is 3. The molecule has 0 aliphatic carbocycles. The van der Waals surface area contributed by atoms with E-state index in [2.05, 4.69) is 10.00 Å². The fourth-order valence-electron chi connectivity index (χ4n) is 3.11. The Balaban J connectivity index is 1.51. The van der Waals surface area contributed by atoms with E-state index in [0.717, 1.165) is 36.6 Å². The molecule has 1 amide bonds. The SMILES string of the molecule is Cc1cc(C)n(CC(=O)N2CCN(Cc3cccc(F)c3)CC2)n1. The average molecular weight is 330 g/mol. The average Bonchev–Trinajstić information content (AvgIpc) is 2.85. The zero-order valence-corrected chi connectivity index (χ0v) is 14.2. The molecule has 2 heterocycles. The van der Waals surface area contributed by atoms with Gasteiger partial charge in [-0.2, -0.15) is 5.10 Å². The Morgan fingerprint density at radius 1 is 1.17 bits per heavy atom. The second-order valence-electron chi connectivity index (χ2n) is 6.37. The van der Waals surface area contributed by atoms with Gasteiger partial charge in [0.05, 0.1) is 5.69 Å². The maximum Gasteiger partial charge on any atom is 0.244 e. The fourth-order valence-corrected chi connectivity index (χ4v) is 3.11. The number of benzene rings is 1. The molecule has 5 nitrogen and oxygen atoms in total. The van der Waals surface area contributed by atoms with Crippen molar-refractivity contribution in [1.82, 2.24) is 19.6 Å². The first-order chi connectivity index (χ1) is 11.5. The molecule has 0 spiro atoms. The number of aromatic nitrogens is 2. The Bertz CT molecular complexity index is 720. The Morgan fingerprint density at radius 2 is 1.92 bits per heavy atom. The van der Waals surface area contributed by atoms with Crippen LogP contribution < -0.4 is 0 Å². The molecule has 3 rings (SSSR count). The number of rotatable bonds is 4. The highest BCUT2D eigenvalue weighted by Crippen LogP contribution is 2.11. The standard InChI is InChI=1S/C18H23FN4O/c1-14-10-15(2)23(20-14)13-18(24)22-8-6-21(7-9-22)12-16-4-3-5-17(19)11-16/h3-5,10-11H,6-9,12-13H2,1-2H3. The maximum absolute atomic E-state index is 13.3. The molecule has 1 aromatic heterocycles. The highest BCUT2D eigenvalue weighted by molar-refractivity contribution is 5.76. The van der Waals surface area contributed by atoms with E-state index in [1.54, 1.807) is 16.8 Å². The van der Waals surface area contributed by atoms with E-state index in [9.17, 15) is 9.18 Å². The van der Waals surface area contributed by atoms with Crippen molar-refractivity contribution in [1.29, 1.82) is 0 Å². The van der Waals surface area contributed by atoms with Crippen molar-refractivity contribution in [3.63, 3.8) is 0 Å². The lowest BCUT2D eigenvalue weighted by atomic mass is 10.2. The van der Waals surface area contributed by atoms with Crippen LogP contribution in [0.15, 0.2) is 30.3 Å². The minimum absolute atomic E-state index is 0.103. The number of hydrogen-bond donors (Lipinski definition) is 0. The largest absolute Gasteiger partial charge is 0.339 e. The summed E-state index contributed by atoms with van der Waals surface area (Å²) in [6.45, 7) is 7.92. The van der Waals surface area contributed by atoms with Crippen LogP contribution in [0.1, 0.15) is 17.0 Å². The van der Waals surface area contributed by atoms with E-state index in [0.29, 0.717) is 19.6 Å². The predicted octanol–water partition coefficient (Wildman–Crippen LogP) is 1.98. The Labute approximate surface area is 141 Å². The minimum atomic E-state index is -0.203. The van der Waals surface area contributed by atoms with Crippen LogP contribution in [0.3, 0.4) is 0 Å². The van der Waals surface area contributed by atoms with Crippen LogP contribution in [-0.2, 0) is 17.9 Å². The lowest BCUT2D eigenvalue weighted by Crippen LogP contribution is -2.49. The second kappa shape index (κ2) is 7.13.